The van der Waals surface area contributed by atoms with Crippen LogP contribution in [0.3, 0.4) is 0 Å². The Balaban J connectivity index is 0.842. The van der Waals surface area contributed by atoms with Gasteiger partial charge >= 0.3 is 0 Å². The molecule has 0 radical (unpaired) electrons. The number of piperidine rings is 1. The Hall–Kier alpha value is -3.71. The number of nitrogens with zero attached hydrogens (tertiary/aromatic N) is 4. The number of carbonyl (C=O) groups is 2. The van der Waals surface area contributed by atoms with Crippen molar-refractivity contribution in [3.05, 3.63) is 63.8 Å². The summed E-state index contributed by atoms with van der Waals surface area (Å²) >= 11 is 0. The fourth-order valence-electron chi connectivity index (χ4n) is 10.9. The zero-order valence-electron chi connectivity index (χ0n) is 38.1. The average molecular weight is 819 g/mol. The van der Waals surface area contributed by atoms with Gasteiger partial charge in [0.1, 0.15) is 0 Å². The second-order valence-corrected chi connectivity index (χ2v) is 20.9. The molecule has 9 heteroatoms. The molecule has 1 amide bonds. The molecule has 2 aliphatic heterocycles. The summed E-state index contributed by atoms with van der Waals surface area (Å²) in [6.45, 7) is 24.7. The van der Waals surface area contributed by atoms with Crippen LogP contribution in [0.4, 0.5) is 5.69 Å². The predicted octanol–water partition coefficient (Wildman–Crippen LogP) is 9.38. The molecule has 2 N–H and O–H groups in total. The number of amides is 1. The van der Waals surface area contributed by atoms with Crippen LogP contribution >= 0.6 is 0 Å². The van der Waals surface area contributed by atoms with Crippen LogP contribution in [0.25, 0.3) is 10.9 Å². The second kappa shape index (κ2) is 18.7. The molecule has 2 aromatic carbocycles. The Morgan fingerprint density at radius 3 is 2.28 bits per heavy atom. The predicted molar refractivity (Wildman–Crippen MR) is 244 cm³/mol. The largest absolute Gasteiger partial charge is 0.380 e. The molecule has 9 nitrogen and oxygen atoms in total. The number of hydrogen-bond donors (Lipinski definition) is 2. The fourth-order valence-corrected chi connectivity index (χ4v) is 10.9. The van der Waals surface area contributed by atoms with Crippen LogP contribution in [0.15, 0.2) is 30.3 Å². The second-order valence-electron chi connectivity index (χ2n) is 20.9. The van der Waals surface area contributed by atoms with Gasteiger partial charge in [0.25, 0.3) is 0 Å². The third-order valence-electron chi connectivity index (χ3n) is 14.5. The molecule has 7 rings (SSSR count). The third-order valence-corrected chi connectivity index (χ3v) is 14.5. The highest BCUT2D eigenvalue weighted by Gasteiger charge is 2.41. The van der Waals surface area contributed by atoms with Gasteiger partial charge in [-0.1, -0.05) is 99.5 Å². The number of piperazine rings is 1. The van der Waals surface area contributed by atoms with Gasteiger partial charge in [-0.2, -0.15) is 5.26 Å². The van der Waals surface area contributed by atoms with Crippen LogP contribution in [0, 0.1) is 28.1 Å². The van der Waals surface area contributed by atoms with Crippen molar-refractivity contribution in [1.29, 1.82) is 5.26 Å². The monoisotopic (exact) mass is 819 g/mol. The van der Waals surface area contributed by atoms with Crippen LogP contribution < -0.4 is 10.2 Å². The van der Waals surface area contributed by atoms with Gasteiger partial charge in [-0.15, -0.1) is 0 Å². The number of fused-ring (bicyclic) bond motifs is 4. The van der Waals surface area contributed by atoms with Crippen molar-refractivity contribution in [3.63, 3.8) is 0 Å². The van der Waals surface area contributed by atoms with E-state index >= 15 is 0 Å². The van der Waals surface area contributed by atoms with E-state index in [-0.39, 0.29) is 27.9 Å². The van der Waals surface area contributed by atoms with E-state index < -0.39 is 0 Å². The van der Waals surface area contributed by atoms with E-state index in [2.05, 4.69) is 91.7 Å². The maximum Gasteiger partial charge on any atom is 0.221 e. The average Bonchev–Trinajstić information content (AvgIpc) is 3.62. The van der Waals surface area contributed by atoms with E-state index in [1.54, 1.807) is 6.07 Å². The number of anilines is 1. The lowest BCUT2D eigenvalue weighted by atomic mass is 9.70. The summed E-state index contributed by atoms with van der Waals surface area (Å²) in [5.74, 6) is 1.05. The smallest absolute Gasteiger partial charge is 0.221 e. The number of aromatic nitrogens is 1. The van der Waals surface area contributed by atoms with E-state index in [0.29, 0.717) is 31.2 Å². The lowest BCUT2D eigenvalue weighted by molar-refractivity contribution is -0.122. The number of nitriles is 1. The number of hydrogen-bond acceptors (Lipinski definition) is 7. The minimum atomic E-state index is -0.389. The topological polar surface area (TPSA) is 105 Å². The molecule has 2 aliphatic carbocycles. The first kappa shape index (κ1) is 44.3. The lowest BCUT2D eigenvalue weighted by Crippen LogP contribution is -2.53. The van der Waals surface area contributed by atoms with Crippen LogP contribution in [-0.2, 0) is 21.4 Å². The number of H-pyrrole nitrogens is 1. The number of aryl methyl sites for hydroxylation is 1. The summed E-state index contributed by atoms with van der Waals surface area (Å²) in [7, 11) is 0. The highest BCUT2D eigenvalue weighted by molar-refractivity contribution is 6.20. The van der Waals surface area contributed by atoms with Crippen LogP contribution in [0.2, 0.25) is 0 Å². The van der Waals surface area contributed by atoms with Crippen molar-refractivity contribution >= 4 is 28.3 Å². The van der Waals surface area contributed by atoms with E-state index in [4.69, 9.17) is 4.74 Å². The van der Waals surface area contributed by atoms with Crippen molar-refractivity contribution in [1.82, 2.24) is 20.1 Å². The van der Waals surface area contributed by atoms with Gasteiger partial charge in [0.2, 0.25) is 5.91 Å². The normalized spacial score (nSPS) is 20.0. The number of benzene rings is 2. The van der Waals surface area contributed by atoms with Gasteiger partial charge in [-0.05, 0) is 72.4 Å². The molecular formula is C51H74N6O3. The lowest BCUT2D eigenvalue weighted by Gasteiger charge is -2.44. The van der Waals surface area contributed by atoms with Gasteiger partial charge in [0, 0.05) is 103 Å². The van der Waals surface area contributed by atoms with Gasteiger partial charge in [0.15, 0.2) is 5.78 Å². The zero-order chi connectivity index (χ0) is 42.7. The highest BCUT2D eigenvalue weighted by atomic mass is 16.5. The number of ketones is 1. The van der Waals surface area contributed by atoms with E-state index in [9.17, 15) is 14.9 Å². The SMILES string of the molecule is CCc1cc2c(cc1N1CCC(N3CCN(CCC(=O)NCC(C)(C)COCC(C)(C)CC4CCCCCCC4)CC3)CC1)C(C)(C)c1[nH]c3cc(C#N)ccc3c1C2=O. The Bertz CT molecular complexity index is 2020. The van der Waals surface area contributed by atoms with E-state index in [1.807, 2.05) is 12.1 Å². The Morgan fingerprint density at radius 1 is 0.917 bits per heavy atom. The number of rotatable bonds is 14. The van der Waals surface area contributed by atoms with E-state index in [1.165, 1.54) is 62.6 Å². The molecule has 3 heterocycles. The highest BCUT2D eigenvalue weighted by Crippen LogP contribution is 2.46. The Morgan fingerprint density at radius 2 is 1.60 bits per heavy atom. The summed E-state index contributed by atoms with van der Waals surface area (Å²) in [5, 5.41) is 13.6. The maximum absolute atomic E-state index is 14.1. The molecule has 0 atom stereocenters. The van der Waals surface area contributed by atoms with Crippen LogP contribution in [-0.4, -0.2) is 98.1 Å². The number of carbonyl (C=O) groups excluding carboxylic acids is 2. The van der Waals surface area contributed by atoms with Gasteiger partial charge in [0.05, 0.1) is 30.4 Å². The van der Waals surface area contributed by atoms with Gasteiger partial charge in [-0.25, -0.2) is 0 Å². The first-order valence-corrected chi connectivity index (χ1v) is 23.5. The maximum atomic E-state index is 14.1. The van der Waals surface area contributed by atoms with Gasteiger partial charge in [-0.3, -0.25) is 14.5 Å². The Labute approximate surface area is 361 Å². The molecule has 4 aliphatic rings. The number of aromatic amines is 1. The molecule has 0 unspecified atom stereocenters. The van der Waals surface area contributed by atoms with Crippen molar-refractivity contribution in [2.45, 2.75) is 137 Å². The summed E-state index contributed by atoms with van der Waals surface area (Å²) in [6, 6.07) is 12.9. The van der Waals surface area contributed by atoms with E-state index in [0.717, 1.165) is 111 Å². The quantitative estimate of drug-likeness (QED) is 0.167. The summed E-state index contributed by atoms with van der Waals surface area (Å²) in [4.78, 5) is 38.4. The molecule has 2 saturated heterocycles. The summed E-state index contributed by atoms with van der Waals surface area (Å²) in [6.07, 6.45) is 14.6. The Kier molecular flexibility index (Phi) is 13.8. The molecule has 3 aromatic rings. The van der Waals surface area contributed by atoms with Crippen molar-refractivity contribution < 1.29 is 14.3 Å². The number of ether oxygens (including phenoxy) is 1. The third kappa shape index (κ3) is 10.1. The first-order chi connectivity index (χ1) is 28.7. The van der Waals surface area contributed by atoms with Gasteiger partial charge < -0.3 is 24.8 Å². The minimum absolute atomic E-state index is 0.0735. The van der Waals surface area contributed by atoms with Crippen LogP contribution in [0.1, 0.15) is 157 Å². The molecule has 1 saturated carbocycles. The first-order valence-electron chi connectivity index (χ1n) is 23.5. The minimum Gasteiger partial charge on any atom is -0.380 e. The van der Waals surface area contributed by atoms with Crippen molar-refractivity contribution in [3.8, 4) is 6.07 Å². The molecule has 60 heavy (non-hydrogen) atoms. The molecule has 1 aromatic heterocycles. The standard InChI is InChI=1S/C51H74N6O3/c1-8-38-29-41-42(51(6,7)48-46(47(41)59)40-17-16-37(32-52)28-43(40)54-48)30-44(38)57-22-18-39(19-23-57)56-26-24-55(25-27-56)21-20-45(58)53-33-50(4,5)35-60-34-49(2,3)31-36-14-12-10-9-11-13-15-36/h16-17,28-30,36,39,54H,8-15,18-27,31,33-35H2,1-7H3,(H,53,58). The number of nitrogens with one attached hydrogen (secondary N) is 2. The molecule has 0 bridgehead atoms. The zero-order valence-corrected chi connectivity index (χ0v) is 38.1. The fraction of sp³-hybridized carbons (Fsp3) is 0.667. The summed E-state index contributed by atoms with van der Waals surface area (Å²) < 4.78 is 6.32. The molecule has 0 spiro atoms. The van der Waals surface area contributed by atoms with Crippen molar-refractivity contribution in [2.24, 2.45) is 16.7 Å². The summed E-state index contributed by atoms with van der Waals surface area (Å²) in [5.41, 5.74) is 7.19. The van der Waals surface area contributed by atoms with Crippen molar-refractivity contribution in [2.75, 3.05) is 70.5 Å². The molecule has 3 fully saturated rings. The van der Waals surface area contributed by atoms with Crippen LogP contribution in [0.5, 0.6) is 0 Å². The molecular weight excluding hydrogens is 745 g/mol. The molecule has 326 valence electrons.